The molecule has 116 valence electrons. The molecular weight excluding hydrogens is 302 g/mol. The van der Waals surface area contributed by atoms with Crippen molar-refractivity contribution in [2.24, 2.45) is 0 Å². The number of ether oxygens (including phenoxy) is 1. The van der Waals surface area contributed by atoms with Gasteiger partial charge in [0.25, 0.3) is 0 Å². The highest BCUT2D eigenvalue weighted by Crippen LogP contribution is 2.34. The fourth-order valence-corrected chi connectivity index (χ4v) is 2.98. The summed E-state index contributed by atoms with van der Waals surface area (Å²) in [7, 11) is 0. The fourth-order valence-electron chi connectivity index (χ4n) is 2.37. The van der Waals surface area contributed by atoms with Crippen LogP contribution in [0.5, 0.6) is 5.75 Å². The van der Waals surface area contributed by atoms with Crippen LogP contribution < -0.4 is 20.7 Å². The van der Waals surface area contributed by atoms with Crippen molar-refractivity contribution in [1.82, 2.24) is 10.2 Å². The van der Waals surface area contributed by atoms with E-state index in [2.05, 4.69) is 15.5 Å². The summed E-state index contributed by atoms with van der Waals surface area (Å²) in [5, 5.41) is 11.9. The van der Waals surface area contributed by atoms with E-state index >= 15 is 0 Å². The molecule has 0 bridgehead atoms. The minimum Gasteiger partial charge on any atom is -0.487 e. The Labute approximate surface area is 132 Å². The van der Waals surface area contributed by atoms with Crippen molar-refractivity contribution in [2.75, 3.05) is 29.0 Å². The van der Waals surface area contributed by atoms with Gasteiger partial charge in [0.2, 0.25) is 11.0 Å². The molecule has 0 saturated carbocycles. The maximum Gasteiger partial charge on any atom is 0.245 e. The number of carbonyl (C=O) groups excluding carboxylic acids is 1. The Morgan fingerprint density at radius 1 is 1.55 bits per heavy atom. The first kappa shape index (κ1) is 14.6. The molecule has 1 aliphatic heterocycles. The number of hydrogen-bond acceptors (Lipinski definition) is 7. The van der Waals surface area contributed by atoms with Crippen LogP contribution >= 0.6 is 11.3 Å². The molecule has 8 heteroatoms. The number of hydrogen-bond donors (Lipinski definition) is 2. The minimum atomic E-state index is -0.140. The molecule has 0 saturated heterocycles. The number of nitrogens with one attached hydrogen (secondary N) is 1. The molecule has 7 nitrogen and oxygen atoms in total. The van der Waals surface area contributed by atoms with Crippen molar-refractivity contribution in [3.8, 4) is 5.75 Å². The van der Waals surface area contributed by atoms with Crippen molar-refractivity contribution in [2.45, 2.75) is 20.0 Å². The van der Waals surface area contributed by atoms with Crippen LogP contribution in [0.25, 0.3) is 0 Å². The number of rotatable bonds is 3. The largest absolute Gasteiger partial charge is 0.487 e. The Hall–Kier alpha value is -2.35. The van der Waals surface area contributed by atoms with E-state index in [0.717, 1.165) is 16.4 Å². The molecule has 1 unspecified atom stereocenters. The molecule has 1 aromatic carbocycles. The van der Waals surface area contributed by atoms with Crippen LogP contribution in [0.2, 0.25) is 0 Å². The molecule has 1 aliphatic rings. The Kier molecular flexibility index (Phi) is 3.84. The molecule has 1 amide bonds. The number of benzene rings is 1. The van der Waals surface area contributed by atoms with Gasteiger partial charge in [-0.3, -0.25) is 10.1 Å². The number of nitrogens with zero attached hydrogens (tertiary/aromatic N) is 3. The van der Waals surface area contributed by atoms with Crippen LogP contribution in [-0.4, -0.2) is 35.3 Å². The highest BCUT2D eigenvalue weighted by atomic mass is 32.1. The van der Waals surface area contributed by atoms with Gasteiger partial charge in [0.1, 0.15) is 16.9 Å². The maximum atomic E-state index is 12.2. The van der Waals surface area contributed by atoms with Crippen molar-refractivity contribution >= 4 is 33.8 Å². The average Bonchev–Trinajstić information content (AvgIpc) is 2.84. The Bertz CT molecular complexity index is 702. The summed E-state index contributed by atoms with van der Waals surface area (Å²) in [4.78, 5) is 14.2. The first-order valence-corrected chi connectivity index (χ1v) is 7.74. The summed E-state index contributed by atoms with van der Waals surface area (Å²) in [5.41, 5.74) is 7.31. The van der Waals surface area contributed by atoms with Crippen molar-refractivity contribution < 1.29 is 9.53 Å². The summed E-state index contributed by atoms with van der Waals surface area (Å²) in [6, 6.07) is 5.45. The van der Waals surface area contributed by atoms with E-state index in [-0.39, 0.29) is 18.6 Å². The SMILES string of the molecule is Cc1nnc(NC(=O)CN2CC(C)Oc3ccc(N)cc32)s1. The monoisotopic (exact) mass is 319 g/mol. The number of aryl methyl sites for hydroxylation is 1. The zero-order valence-electron chi connectivity index (χ0n) is 12.4. The van der Waals surface area contributed by atoms with E-state index in [4.69, 9.17) is 10.5 Å². The van der Waals surface area contributed by atoms with Crippen LogP contribution in [0, 0.1) is 6.92 Å². The second kappa shape index (κ2) is 5.80. The van der Waals surface area contributed by atoms with Gasteiger partial charge < -0.3 is 15.4 Å². The lowest BCUT2D eigenvalue weighted by atomic mass is 10.2. The molecule has 0 fully saturated rings. The van der Waals surface area contributed by atoms with Gasteiger partial charge in [-0.1, -0.05) is 11.3 Å². The van der Waals surface area contributed by atoms with E-state index in [9.17, 15) is 4.79 Å². The molecule has 1 aromatic heterocycles. The zero-order valence-corrected chi connectivity index (χ0v) is 13.2. The van der Waals surface area contributed by atoms with Crippen LogP contribution in [0.3, 0.4) is 0 Å². The third-order valence-corrected chi connectivity index (χ3v) is 3.99. The third kappa shape index (κ3) is 3.11. The van der Waals surface area contributed by atoms with Gasteiger partial charge >= 0.3 is 0 Å². The van der Waals surface area contributed by atoms with Crippen LogP contribution in [0.1, 0.15) is 11.9 Å². The van der Waals surface area contributed by atoms with E-state index < -0.39 is 0 Å². The molecule has 2 aromatic rings. The molecule has 0 spiro atoms. The highest BCUT2D eigenvalue weighted by Gasteiger charge is 2.25. The molecule has 2 heterocycles. The zero-order chi connectivity index (χ0) is 15.7. The number of fused-ring (bicyclic) bond motifs is 1. The standard InChI is InChI=1S/C14H17N5O2S/c1-8-6-19(11-5-10(15)3-4-12(11)21-8)7-13(20)16-14-18-17-9(2)22-14/h3-5,8H,6-7,15H2,1-2H3,(H,16,18,20). The number of aromatic nitrogens is 2. The molecule has 22 heavy (non-hydrogen) atoms. The van der Waals surface area contributed by atoms with Crippen LogP contribution in [0.15, 0.2) is 18.2 Å². The van der Waals surface area contributed by atoms with Crippen LogP contribution in [-0.2, 0) is 4.79 Å². The van der Waals surface area contributed by atoms with Gasteiger partial charge in [-0.2, -0.15) is 0 Å². The van der Waals surface area contributed by atoms with Crippen molar-refractivity contribution in [1.29, 1.82) is 0 Å². The summed E-state index contributed by atoms with van der Waals surface area (Å²) in [6.07, 6.45) is 0.00713. The summed E-state index contributed by atoms with van der Waals surface area (Å²) in [6.45, 7) is 4.65. The van der Waals surface area contributed by atoms with Gasteiger partial charge in [0.15, 0.2) is 0 Å². The topological polar surface area (TPSA) is 93.4 Å². The highest BCUT2D eigenvalue weighted by molar-refractivity contribution is 7.15. The fraction of sp³-hybridized carbons (Fsp3) is 0.357. The summed E-state index contributed by atoms with van der Waals surface area (Å²) < 4.78 is 5.77. The lowest BCUT2D eigenvalue weighted by Crippen LogP contribution is -2.42. The molecular formula is C14H17N5O2S. The molecule has 0 radical (unpaired) electrons. The number of anilines is 3. The molecule has 0 aliphatic carbocycles. The van der Waals surface area contributed by atoms with E-state index in [0.29, 0.717) is 17.4 Å². The Morgan fingerprint density at radius 2 is 2.36 bits per heavy atom. The maximum absolute atomic E-state index is 12.2. The second-order valence-corrected chi connectivity index (χ2v) is 6.39. The summed E-state index contributed by atoms with van der Waals surface area (Å²) >= 11 is 1.35. The second-order valence-electron chi connectivity index (χ2n) is 5.21. The molecule has 3 rings (SSSR count). The normalized spacial score (nSPS) is 16.8. The number of amides is 1. The van der Waals surface area contributed by atoms with Gasteiger partial charge in [-0.15, -0.1) is 10.2 Å². The number of nitrogens with two attached hydrogens (primary N) is 1. The van der Waals surface area contributed by atoms with E-state index in [1.165, 1.54) is 11.3 Å². The molecule has 1 atom stereocenters. The lowest BCUT2D eigenvalue weighted by molar-refractivity contribution is -0.115. The number of nitrogen functional groups attached to an aromatic ring is 1. The predicted molar refractivity (Wildman–Crippen MR) is 86.4 cm³/mol. The molecule has 3 N–H and O–H groups in total. The predicted octanol–water partition coefficient (Wildman–Crippen LogP) is 1.65. The Balaban J connectivity index is 1.74. The minimum absolute atomic E-state index is 0.00713. The van der Waals surface area contributed by atoms with Gasteiger partial charge in [-0.25, -0.2) is 0 Å². The van der Waals surface area contributed by atoms with Crippen molar-refractivity contribution in [3.63, 3.8) is 0 Å². The average molecular weight is 319 g/mol. The number of carbonyl (C=O) groups is 1. The van der Waals surface area contributed by atoms with Crippen molar-refractivity contribution in [3.05, 3.63) is 23.2 Å². The third-order valence-electron chi connectivity index (χ3n) is 3.24. The summed E-state index contributed by atoms with van der Waals surface area (Å²) in [5.74, 6) is 0.603. The van der Waals surface area contributed by atoms with Gasteiger partial charge in [-0.05, 0) is 32.0 Å². The lowest BCUT2D eigenvalue weighted by Gasteiger charge is -2.34. The van der Waals surface area contributed by atoms with Crippen LogP contribution in [0.4, 0.5) is 16.5 Å². The quantitative estimate of drug-likeness (QED) is 0.836. The van der Waals surface area contributed by atoms with Gasteiger partial charge in [0, 0.05) is 5.69 Å². The smallest absolute Gasteiger partial charge is 0.245 e. The first-order chi connectivity index (χ1) is 10.5. The van der Waals surface area contributed by atoms with Gasteiger partial charge in [0.05, 0.1) is 18.8 Å². The van der Waals surface area contributed by atoms with E-state index in [1.54, 1.807) is 6.07 Å². The first-order valence-electron chi connectivity index (χ1n) is 6.92. The Morgan fingerprint density at radius 3 is 3.09 bits per heavy atom. The van der Waals surface area contributed by atoms with E-state index in [1.807, 2.05) is 30.9 Å².